The van der Waals surface area contributed by atoms with Gasteiger partial charge in [-0.05, 0) is 30.7 Å². The standard InChI is InChI=1S/C15H13ClN2O3/c1-10-5-3-4-6-13(10)17(2)15(19)11-7-8-14(18(20)21)12(16)9-11/h3-9H,1-2H3. The van der Waals surface area contributed by atoms with Crippen molar-refractivity contribution < 1.29 is 9.72 Å². The van der Waals surface area contributed by atoms with Crippen molar-refractivity contribution in [1.82, 2.24) is 0 Å². The summed E-state index contributed by atoms with van der Waals surface area (Å²) >= 11 is 5.84. The molecule has 1 amide bonds. The third kappa shape index (κ3) is 3.03. The van der Waals surface area contributed by atoms with Crippen molar-refractivity contribution in [2.45, 2.75) is 6.92 Å². The highest BCUT2D eigenvalue weighted by Gasteiger charge is 2.19. The van der Waals surface area contributed by atoms with Gasteiger partial charge in [0.15, 0.2) is 0 Å². The summed E-state index contributed by atoms with van der Waals surface area (Å²) in [6.45, 7) is 1.90. The third-order valence-electron chi connectivity index (χ3n) is 3.17. The molecule has 2 rings (SSSR count). The van der Waals surface area contributed by atoms with Crippen LogP contribution in [0.5, 0.6) is 0 Å². The summed E-state index contributed by atoms with van der Waals surface area (Å²) in [6.07, 6.45) is 0. The van der Waals surface area contributed by atoms with Crippen LogP contribution in [0, 0.1) is 17.0 Å². The smallest absolute Gasteiger partial charge is 0.287 e. The van der Waals surface area contributed by atoms with Gasteiger partial charge in [0.25, 0.3) is 11.6 Å². The second-order valence-corrected chi connectivity index (χ2v) is 4.98. The lowest BCUT2D eigenvalue weighted by molar-refractivity contribution is -0.384. The number of aryl methyl sites for hydroxylation is 1. The number of benzene rings is 2. The van der Waals surface area contributed by atoms with Gasteiger partial charge in [-0.3, -0.25) is 14.9 Å². The van der Waals surface area contributed by atoms with Crippen LogP contribution in [0.2, 0.25) is 5.02 Å². The van der Waals surface area contributed by atoms with E-state index in [1.807, 2.05) is 31.2 Å². The van der Waals surface area contributed by atoms with E-state index in [0.717, 1.165) is 11.3 Å². The SMILES string of the molecule is Cc1ccccc1N(C)C(=O)c1ccc([N+](=O)[O-])c(Cl)c1. The third-order valence-corrected chi connectivity index (χ3v) is 3.48. The van der Waals surface area contributed by atoms with Crippen LogP contribution < -0.4 is 4.90 Å². The maximum absolute atomic E-state index is 12.4. The molecule has 0 N–H and O–H groups in total. The van der Waals surface area contributed by atoms with Crippen molar-refractivity contribution in [2.24, 2.45) is 0 Å². The molecule has 0 unspecified atom stereocenters. The van der Waals surface area contributed by atoms with Crippen LogP contribution in [0.3, 0.4) is 0 Å². The molecule has 0 spiro atoms. The van der Waals surface area contributed by atoms with Gasteiger partial charge in [0.1, 0.15) is 5.02 Å². The Hall–Kier alpha value is -2.40. The number of hydrogen-bond donors (Lipinski definition) is 0. The van der Waals surface area contributed by atoms with Crippen molar-refractivity contribution >= 4 is 28.9 Å². The first-order chi connectivity index (χ1) is 9.91. The Morgan fingerprint density at radius 3 is 2.48 bits per heavy atom. The highest BCUT2D eigenvalue weighted by atomic mass is 35.5. The molecule has 0 saturated carbocycles. The molecule has 0 aliphatic heterocycles. The molecule has 0 aliphatic carbocycles. The number of carbonyl (C=O) groups is 1. The second kappa shape index (κ2) is 5.93. The Kier molecular flexibility index (Phi) is 4.23. The predicted molar refractivity (Wildman–Crippen MR) is 82.0 cm³/mol. The summed E-state index contributed by atoms with van der Waals surface area (Å²) in [6, 6.07) is 11.4. The van der Waals surface area contributed by atoms with E-state index in [1.54, 1.807) is 7.05 Å². The minimum Gasteiger partial charge on any atom is -0.311 e. The van der Waals surface area contributed by atoms with Crippen molar-refractivity contribution in [3.05, 3.63) is 68.7 Å². The first-order valence-corrected chi connectivity index (χ1v) is 6.57. The van der Waals surface area contributed by atoms with Crippen molar-refractivity contribution in [3.63, 3.8) is 0 Å². The predicted octanol–water partition coefficient (Wildman–Crippen LogP) is 3.83. The molecule has 0 saturated heterocycles. The quantitative estimate of drug-likeness (QED) is 0.639. The van der Waals surface area contributed by atoms with Crippen LogP contribution in [-0.4, -0.2) is 17.9 Å². The topological polar surface area (TPSA) is 63.5 Å². The monoisotopic (exact) mass is 304 g/mol. The Morgan fingerprint density at radius 2 is 1.90 bits per heavy atom. The molecule has 0 atom stereocenters. The van der Waals surface area contributed by atoms with E-state index in [9.17, 15) is 14.9 Å². The molecule has 0 fully saturated rings. The second-order valence-electron chi connectivity index (χ2n) is 4.57. The molecule has 0 bridgehead atoms. The number of hydrogen-bond acceptors (Lipinski definition) is 3. The van der Waals surface area contributed by atoms with E-state index >= 15 is 0 Å². The van der Waals surface area contributed by atoms with Crippen LogP contribution in [0.15, 0.2) is 42.5 Å². The lowest BCUT2D eigenvalue weighted by Crippen LogP contribution is -2.26. The number of rotatable bonds is 3. The number of carbonyl (C=O) groups excluding carboxylic acids is 1. The van der Waals surface area contributed by atoms with E-state index in [4.69, 9.17) is 11.6 Å². The fourth-order valence-corrected chi connectivity index (χ4v) is 2.28. The molecule has 21 heavy (non-hydrogen) atoms. The Bertz CT molecular complexity index is 716. The summed E-state index contributed by atoms with van der Waals surface area (Å²) in [4.78, 5) is 24.1. The largest absolute Gasteiger partial charge is 0.311 e. The van der Waals surface area contributed by atoms with Crippen molar-refractivity contribution in [3.8, 4) is 0 Å². The maximum Gasteiger partial charge on any atom is 0.287 e. The average Bonchev–Trinajstić information content (AvgIpc) is 2.45. The van der Waals surface area contributed by atoms with Crippen LogP contribution >= 0.6 is 11.6 Å². The Labute approximate surface area is 126 Å². The Morgan fingerprint density at radius 1 is 1.24 bits per heavy atom. The summed E-state index contributed by atoms with van der Waals surface area (Å²) < 4.78 is 0. The highest BCUT2D eigenvalue weighted by Crippen LogP contribution is 2.27. The average molecular weight is 305 g/mol. The maximum atomic E-state index is 12.4. The minimum atomic E-state index is -0.582. The molecule has 0 aliphatic rings. The van der Waals surface area contributed by atoms with Gasteiger partial charge in [0, 0.05) is 24.4 Å². The lowest BCUT2D eigenvalue weighted by Gasteiger charge is -2.19. The molecule has 0 radical (unpaired) electrons. The number of halogens is 1. The Balaban J connectivity index is 2.34. The van der Waals surface area contributed by atoms with E-state index in [1.165, 1.54) is 23.1 Å². The zero-order valence-corrected chi connectivity index (χ0v) is 12.3. The van der Waals surface area contributed by atoms with E-state index in [2.05, 4.69) is 0 Å². The zero-order chi connectivity index (χ0) is 15.6. The number of nitro groups is 1. The number of amides is 1. The van der Waals surface area contributed by atoms with Crippen molar-refractivity contribution in [1.29, 1.82) is 0 Å². The normalized spacial score (nSPS) is 10.2. The van der Waals surface area contributed by atoms with Crippen LogP contribution in [0.1, 0.15) is 15.9 Å². The fourth-order valence-electron chi connectivity index (χ4n) is 2.03. The summed E-state index contributed by atoms with van der Waals surface area (Å²) in [5.74, 6) is -0.277. The molecule has 2 aromatic carbocycles. The minimum absolute atomic E-state index is 0.0518. The molecular weight excluding hydrogens is 292 g/mol. The molecule has 0 aromatic heterocycles. The number of anilines is 1. The van der Waals surface area contributed by atoms with Gasteiger partial charge in [0.2, 0.25) is 0 Å². The summed E-state index contributed by atoms with van der Waals surface area (Å²) in [7, 11) is 1.65. The van der Waals surface area contributed by atoms with E-state index in [0.29, 0.717) is 5.56 Å². The van der Waals surface area contributed by atoms with Gasteiger partial charge in [-0.2, -0.15) is 0 Å². The van der Waals surface area contributed by atoms with Gasteiger partial charge in [0.05, 0.1) is 4.92 Å². The number of para-hydroxylation sites is 1. The summed E-state index contributed by atoms with van der Waals surface area (Å²) in [5, 5.41) is 10.7. The number of nitrogens with zero attached hydrogens (tertiary/aromatic N) is 2. The van der Waals surface area contributed by atoms with Crippen LogP contribution in [-0.2, 0) is 0 Å². The molecular formula is C15H13ClN2O3. The van der Waals surface area contributed by atoms with Gasteiger partial charge in [-0.25, -0.2) is 0 Å². The van der Waals surface area contributed by atoms with Crippen LogP contribution in [0.4, 0.5) is 11.4 Å². The summed E-state index contributed by atoms with van der Waals surface area (Å²) in [5.41, 5.74) is 1.82. The molecule has 6 heteroatoms. The fraction of sp³-hybridized carbons (Fsp3) is 0.133. The van der Waals surface area contributed by atoms with E-state index < -0.39 is 4.92 Å². The van der Waals surface area contributed by atoms with Gasteiger partial charge in [-0.15, -0.1) is 0 Å². The molecule has 2 aromatic rings. The first kappa shape index (κ1) is 15.0. The lowest BCUT2D eigenvalue weighted by atomic mass is 10.1. The zero-order valence-electron chi connectivity index (χ0n) is 11.5. The number of nitro benzene ring substituents is 1. The van der Waals surface area contributed by atoms with Gasteiger partial charge in [-0.1, -0.05) is 29.8 Å². The van der Waals surface area contributed by atoms with E-state index in [-0.39, 0.29) is 16.6 Å². The van der Waals surface area contributed by atoms with Crippen LogP contribution in [0.25, 0.3) is 0 Å². The van der Waals surface area contributed by atoms with Gasteiger partial charge >= 0.3 is 0 Å². The van der Waals surface area contributed by atoms with Gasteiger partial charge < -0.3 is 4.90 Å². The molecule has 108 valence electrons. The molecule has 5 nitrogen and oxygen atoms in total. The van der Waals surface area contributed by atoms with Crippen molar-refractivity contribution in [2.75, 3.05) is 11.9 Å². The molecule has 0 heterocycles. The highest BCUT2D eigenvalue weighted by molar-refractivity contribution is 6.33. The first-order valence-electron chi connectivity index (χ1n) is 6.19.